The van der Waals surface area contributed by atoms with Gasteiger partial charge >= 0.3 is 0 Å². The number of allylic oxidation sites excluding steroid dienone is 1. The summed E-state index contributed by atoms with van der Waals surface area (Å²) in [4.78, 5) is 0. The number of nitrogens with one attached hydrogen (secondary N) is 1. The summed E-state index contributed by atoms with van der Waals surface area (Å²) in [5.74, 6) is 0. The monoisotopic (exact) mass is 145 g/mol. The summed E-state index contributed by atoms with van der Waals surface area (Å²) in [6.45, 7) is 1.76. The molecule has 0 saturated carbocycles. The van der Waals surface area contributed by atoms with Gasteiger partial charge in [-0.2, -0.15) is 0 Å². The Bertz CT molecular complexity index is 259. The summed E-state index contributed by atoms with van der Waals surface area (Å²) in [6.07, 6.45) is 3.72. The van der Waals surface area contributed by atoms with Crippen molar-refractivity contribution >= 4 is 11.8 Å². The third-order valence-corrected chi connectivity index (χ3v) is 1.33. The van der Waals surface area contributed by atoms with Crippen LogP contribution in [0.4, 0.5) is 0 Å². The van der Waals surface area contributed by atoms with Crippen molar-refractivity contribution in [3.05, 3.63) is 42.0 Å². The van der Waals surface area contributed by atoms with Crippen molar-refractivity contribution < 1.29 is 0 Å². The second kappa shape index (κ2) is 3.71. The summed E-state index contributed by atoms with van der Waals surface area (Å²) < 4.78 is 0. The Hall–Kier alpha value is -1.37. The van der Waals surface area contributed by atoms with Crippen molar-refractivity contribution in [1.82, 2.24) is 0 Å². The van der Waals surface area contributed by atoms with E-state index in [0.717, 1.165) is 5.56 Å². The zero-order chi connectivity index (χ0) is 8.10. The summed E-state index contributed by atoms with van der Waals surface area (Å²) in [5.41, 5.74) is 1.72. The van der Waals surface area contributed by atoms with Crippen LogP contribution in [0.3, 0.4) is 0 Å². The average Bonchev–Trinajstić information content (AvgIpc) is 2.03. The fourth-order valence-electron chi connectivity index (χ4n) is 0.785. The van der Waals surface area contributed by atoms with Gasteiger partial charge < -0.3 is 5.41 Å². The first kappa shape index (κ1) is 7.73. The molecule has 0 spiro atoms. The number of rotatable bonds is 2. The SMILES string of the molecule is CC(=N)/C=C/c1ccccc1. The molecule has 0 aromatic heterocycles. The van der Waals surface area contributed by atoms with Crippen molar-refractivity contribution in [2.45, 2.75) is 6.92 Å². The lowest BCUT2D eigenvalue weighted by molar-refractivity contribution is 1.50. The fraction of sp³-hybridized carbons (Fsp3) is 0.100. The van der Waals surface area contributed by atoms with Crippen LogP contribution in [-0.2, 0) is 0 Å². The molecule has 0 saturated heterocycles. The Morgan fingerprint density at radius 2 is 1.91 bits per heavy atom. The van der Waals surface area contributed by atoms with Crippen LogP contribution >= 0.6 is 0 Å². The Morgan fingerprint density at radius 1 is 1.27 bits per heavy atom. The van der Waals surface area contributed by atoms with Gasteiger partial charge in [0, 0.05) is 5.71 Å². The van der Waals surface area contributed by atoms with Crippen LogP contribution in [0.15, 0.2) is 36.4 Å². The largest absolute Gasteiger partial charge is 0.306 e. The number of benzene rings is 1. The summed E-state index contributed by atoms with van der Waals surface area (Å²) in [7, 11) is 0. The highest BCUT2D eigenvalue weighted by molar-refractivity contribution is 5.93. The van der Waals surface area contributed by atoms with E-state index in [1.54, 1.807) is 13.0 Å². The predicted molar refractivity (Wildman–Crippen MR) is 48.9 cm³/mol. The topological polar surface area (TPSA) is 23.9 Å². The molecular weight excluding hydrogens is 134 g/mol. The zero-order valence-corrected chi connectivity index (χ0v) is 6.54. The highest BCUT2D eigenvalue weighted by Crippen LogP contribution is 2.00. The Labute approximate surface area is 66.9 Å². The van der Waals surface area contributed by atoms with Gasteiger partial charge in [-0.1, -0.05) is 36.4 Å². The number of hydrogen-bond acceptors (Lipinski definition) is 1. The van der Waals surface area contributed by atoms with E-state index in [0.29, 0.717) is 5.71 Å². The van der Waals surface area contributed by atoms with Gasteiger partial charge in [0.05, 0.1) is 0 Å². The van der Waals surface area contributed by atoms with Gasteiger partial charge in [0.15, 0.2) is 0 Å². The smallest absolute Gasteiger partial charge is 0.0283 e. The van der Waals surface area contributed by atoms with Crippen molar-refractivity contribution in [3.8, 4) is 0 Å². The van der Waals surface area contributed by atoms with Crippen molar-refractivity contribution in [3.63, 3.8) is 0 Å². The first-order valence-electron chi connectivity index (χ1n) is 3.57. The first-order valence-corrected chi connectivity index (χ1v) is 3.57. The van der Waals surface area contributed by atoms with Crippen molar-refractivity contribution in [2.24, 2.45) is 0 Å². The van der Waals surface area contributed by atoms with Crippen LogP contribution in [-0.4, -0.2) is 5.71 Å². The maximum atomic E-state index is 7.16. The molecule has 1 nitrogen and oxygen atoms in total. The lowest BCUT2D eigenvalue weighted by atomic mass is 10.2. The molecule has 0 aliphatic heterocycles. The normalized spacial score (nSPS) is 10.3. The lowest BCUT2D eigenvalue weighted by Crippen LogP contribution is -1.77. The van der Waals surface area contributed by atoms with E-state index < -0.39 is 0 Å². The summed E-state index contributed by atoms with van der Waals surface area (Å²) in [5, 5.41) is 7.16. The van der Waals surface area contributed by atoms with E-state index in [9.17, 15) is 0 Å². The van der Waals surface area contributed by atoms with Gasteiger partial charge in [-0.15, -0.1) is 0 Å². The molecule has 0 amide bonds. The van der Waals surface area contributed by atoms with E-state index in [1.165, 1.54) is 0 Å². The van der Waals surface area contributed by atoms with Gasteiger partial charge in [0.2, 0.25) is 0 Å². The van der Waals surface area contributed by atoms with Crippen LogP contribution < -0.4 is 0 Å². The molecule has 56 valence electrons. The minimum Gasteiger partial charge on any atom is -0.306 e. The van der Waals surface area contributed by atoms with Gasteiger partial charge in [0.1, 0.15) is 0 Å². The van der Waals surface area contributed by atoms with E-state index in [2.05, 4.69) is 0 Å². The second-order valence-corrected chi connectivity index (χ2v) is 2.43. The van der Waals surface area contributed by atoms with E-state index in [1.807, 2.05) is 36.4 Å². The standard InChI is InChI=1S/C10H11N/c1-9(11)7-8-10-5-3-2-4-6-10/h2-8,11H,1H3/b8-7+,11-9?. The van der Waals surface area contributed by atoms with E-state index >= 15 is 0 Å². The molecule has 1 aromatic carbocycles. The highest BCUT2D eigenvalue weighted by Gasteiger charge is 1.81. The van der Waals surface area contributed by atoms with Crippen LogP contribution in [0.25, 0.3) is 6.08 Å². The van der Waals surface area contributed by atoms with Crippen molar-refractivity contribution in [2.75, 3.05) is 0 Å². The molecule has 1 rings (SSSR count). The fourth-order valence-corrected chi connectivity index (χ4v) is 0.785. The van der Waals surface area contributed by atoms with Crippen LogP contribution in [0.1, 0.15) is 12.5 Å². The van der Waals surface area contributed by atoms with Gasteiger partial charge in [-0.3, -0.25) is 0 Å². The lowest BCUT2D eigenvalue weighted by Gasteiger charge is -1.89. The van der Waals surface area contributed by atoms with Crippen LogP contribution in [0.5, 0.6) is 0 Å². The third-order valence-electron chi connectivity index (χ3n) is 1.33. The van der Waals surface area contributed by atoms with Crippen LogP contribution in [0, 0.1) is 5.41 Å². The molecule has 1 heteroatoms. The molecule has 0 unspecified atom stereocenters. The molecule has 1 N–H and O–H groups in total. The molecule has 0 aliphatic carbocycles. The van der Waals surface area contributed by atoms with Gasteiger partial charge in [-0.05, 0) is 18.6 Å². The van der Waals surface area contributed by atoms with Crippen molar-refractivity contribution in [1.29, 1.82) is 5.41 Å². The molecule has 0 aliphatic rings. The predicted octanol–water partition coefficient (Wildman–Crippen LogP) is 2.74. The minimum atomic E-state index is 0.578. The quantitative estimate of drug-likeness (QED) is 0.619. The van der Waals surface area contributed by atoms with E-state index in [-0.39, 0.29) is 0 Å². The molecule has 0 atom stereocenters. The van der Waals surface area contributed by atoms with Gasteiger partial charge in [0.25, 0.3) is 0 Å². The highest BCUT2D eigenvalue weighted by atomic mass is 14.4. The summed E-state index contributed by atoms with van der Waals surface area (Å²) in [6, 6.07) is 9.98. The first-order chi connectivity index (χ1) is 5.29. The molecule has 0 heterocycles. The molecule has 0 fully saturated rings. The molecule has 0 radical (unpaired) electrons. The van der Waals surface area contributed by atoms with Crippen LogP contribution in [0.2, 0.25) is 0 Å². The Kier molecular flexibility index (Phi) is 2.61. The Balaban J connectivity index is 2.72. The molecule has 11 heavy (non-hydrogen) atoms. The molecule has 0 bridgehead atoms. The molecular formula is C10H11N. The second-order valence-electron chi connectivity index (χ2n) is 2.43. The molecule has 1 aromatic rings. The average molecular weight is 145 g/mol. The zero-order valence-electron chi connectivity index (χ0n) is 6.54. The number of hydrogen-bond donors (Lipinski definition) is 1. The maximum Gasteiger partial charge on any atom is 0.0283 e. The minimum absolute atomic E-state index is 0.578. The third kappa shape index (κ3) is 2.80. The van der Waals surface area contributed by atoms with Gasteiger partial charge in [-0.25, -0.2) is 0 Å². The Morgan fingerprint density at radius 3 is 2.45 bits per heavy atom. The summed E-state index contributed by atoms with van der Waals surface area (Å²) >= 11 is 0. The van der Waals surface area contributed by atoms with E-state index in [4.69, 9.17) is 5.41 Å². The maximum absolute atomic E-state index is 7.16.